The van der Waals surface area contributed by atoms with Crippen molar-refractivity contribution in [3.05, 3.63) is 71.8 Å². The molecule has 0 aliphatic rings. The number of hydrazine groups is 2. The number of carboxylic acids is 2. The molecule has 16 nitrogen and oxygen atoms in total. The molecule has 0 heterocycles. The first-order valence-corrected chi connectivity index (χ1v) is 14.3. The molecular weight excluding hydrogens is 586 g/mol. The molecule has 3 rings (SSSR count). The SMILES string of the molecule is O=C(O)c1ccc(C(=O)O)c(N(Nc2ccc(S(=O)(=O)O)cc2)Nc2ccc(S(=O)(=O)O)cc2S(=O)(=O)O)c1. The highest BCUT2D eigenvalue weighted by atomic mass is 32.2. The lowest BCUT2D eigenvalue weighted by molar-refractivity contribution is 0.0681. The van der Waals surface area contributed by atoms with Gasteiger partial charge in [-0.3, -0.25) is 24.5 Å². The number of nitrogens with one attached hydrogen (secondary N) is 2. The lowest BCUT2D eigenvalue weighted by atomic mass is 10.1. The molecule has 208 valence electrons. The molecule has 0 spiro atoms. The molecule has 19 heteroatoms. The van der Waals surface area contributed by atoms with Gasteiger partial charge in [0.25, 0.3) is 30.4 Å². The zero-order valence-corrected chi connectivity index (χ0v) is 21.4. The highest BCUT2D eigenvalue weighted by Crippen LogP contribution is 2.30. The van der Waals surface area contributed by atoms with Gasteiger partial charge in [-0.2, -0.15) is 30.4 Å². The van der Waals surface area contributed by atoms with Crippen molar-refractivity contribution in [1.82, 2.24) is 0 Å². The van der Waals surface area contributed by atoms with E-state index in [1.54, 1.807) is 0 Å². The van der Waals surface area contributed by atoms with E-state index in [4.69, 9.17) is 4.55 Å². The first kappa shape index (κ1) is 29.3. The predicted molar refractivity (Wildman–Crippen MR) is 132 cm³/mol. The molecule has 0 aliphatic heterocycles. The molecule has 39 heavy (non-hydrogen) atoms. The van der Waals surface area contributed by atoms with Gasteiger partial charge in [0.2, 0.25) is 0 Å². The van der Waals surface area contributed by atoms with Gasteiger partial charge >= 0.3 is 11.9 Å². The van der Waals surface area contributed by atoms with E-state index < -0.39 is 79.5 Å². The van der Waals surface area contributed by atoms with E-state index in [0.717, 1.165) is 54.6 Å². The number of anilines is 3. The fraction of sp³-hybridized carbons (Fsp3) is 0. The minimum atomic E-state index is -5.18. The van der Waals surface area contributed by atoms with Gasteiger partial charge in [0.15, 0.2) is 0 Å². The Morgan fingerprint density at radius 2 is 1.21 bits per heavy atom. The summed E-state index contributed by atoms with van der Waals surface area (Å²) in [5.41, 5.74) is 2.95. The maximum atomic E-state index is 12.0. The van der Waals surface area contributed by atoms with Gasteiger partial charge in [-0.1, -0.05) is 0 Å². The number of benzene rings is 3. The second-order valence-electron chi connectivity index (χ2n) is 7.51. The van der Waals surface area contributed by atoms with Crippen LogP contribution < -0.4 is 16.0 Å². The topological polar surface area (TPSA) is 265 Å². The largest absolute Gasteiger partial charge is 0.478 e. The summed E-state index contributed by atoms with van der Waals surface area (Å²) < 4.78 is 97.7. The van der Waals surface area contributed by atoms with E-state index in [-0.39, 0.29) is 5.69 Å². The molecule has 0 aromatic heterocycles. The van der Waals surface area contributed by atoms with Crippen LogP contribution >= 0.6 is 0 Å². The number of carbonyl (C=O) groups is 2. The summed E-state index contributed by atoms with van der Waals surface area (Å²) in [5, 5.41) is 19.7. The van der Waals surface area contributed by atoms with Gasteiger partial charge in [0.05, 0.1) is 38.0 Å². The monoisotopic (exact) mass is 603 g/mol. The third kappa shape index (κ3) is 6.98. The Balaban J connectivity index is 2.23. The van der Waals surface area contributed by atoms with Crippen molar-refractivity contribution in [1.29, 1.82) is 0 Å². The van der Waals surface area contributed by atoms with Gasteiger partial charge in [-0.25, -0.2) is 9.59 Å². The van der Waals surface area contributed by atoms with Crippen LogP contribution in [-0.2, 0) is 30.4 Å². The van der Waals surface area contributed by atoms with Crippen molar-refractivity contribution in [2.24, 2.45) is 0 Å². The Morgan fingerprint density at radius 1 is 0.641 bits per heavy atom. The van der Waals surface area contributed by atoms with Crippen LogP contribution in [0.2, 0.25) is 0 Å². The van der Waals surface area contributed by atoms with Crippen LogP contribution in [0.5, 0.6) is 0 Å². The highest BCUT2D eigenvalue weighted by Gasteiger charge is 2.25. The minimum absolute atomic E-state index is 0.0186. The zero-order chi connectivity index (χ0) is 29.3. The van der Waals surface area contributed by atoms with E-state index in [1.807, 2.05) is 0 Å². The van der Waals surface area contributed by atoms with E-state index in [2.05, 4.69) is 10.9 Å². The number of rotatable bonds is 10. The Morgan fingerprint density at radius 3 is 1.69 bits per heavy atom. The van der Waals surface area contributed by atoms with Crippen molar-refractivity contribution in [3.8, 4) is 0 Å². The Hall–Kier alpha value is -4.27. The number of hydrogen-bond donors (Lipinski definition) is 7. The van der Waals surface area contributed by atoms with E-state index >= 15 is 0 Å². The highest BCUT2D eigenvalue weighted by molar-refractivity contribution is 7.86. The van der Waals surface area contributed by atoms with Gasteiger partial charge in [-0.05, 0) is 60.7 Å². The maximum absolute atomic E-state index is 12.0. The van der Waals surface area contributed by atoms with E-state index in [1.165, 1.54) is 0 Å². The summed E-state index contributed by atoms with van der Waals surface area (Å²) in [6, 6.07) is 8.81. The summed E-state index contributed by atoms with van der Waals surface area (Å²) in [7, 11) is -14.7. The molecule has 0 unspecified atom stereocenters. The molecule has 0 bridgehead atoms. The van der Waals surface area contributed by atoms with Crippen LogP contribution in [0.15, 0.2) is 75.4 Å². The summed E-state index contributed by atoms with van der Waals surface area (Å²) in [6.07, 6.45) is 0. The van der Waals surface area contributed by atoms with Gasteiger partial charge < -0.3 is 10.2 Å². The van der Waals surface area contributed by atoms with Gasteiger partial charge in [-0.15, -0.1) is 0 Å². The van der Waals surface area contributed by atoms with Crippen LogP contribution in [0.1, 0.15) is 20.7 Å². The Kier molecular flexibility index (Phi) is 7.87. The van der Waals surface area contributed by atoms with Crippen molar-refractivity contribution in [2.45, 2.75) is 14.7 Å². The quantitative estimate of drug-likeness (QED) is 0.128. The molecule has 0 saturated heterocycles. The van der Waals surface area contributed by atoms with Crippen LogP contribution in [-0.4, -0.2) is 61.1 Å². The summed E-state index contributed by atoms with van der Waals surface area (Å²) in [5.74, 6) is -3.03. The average Bonchev–Trinajstić information content (AvgIpc) is 2.81. The molecule has 3 aromatic carbocycles. The molecular formula is C20H17N3O13S3. The number of hydrogen-bond acceptors (Lipinski definition) is 11. The third-order valence-electron chi connectivity index (χ3n) is 4.87. The lowest BCUT2D eigenvalue weighted by Gasteiger charge is -2.29. The summed E-state index contributed by atoms with van der Waals surface area (Å²) in [4.78, 5) is 20.9. The lowest BCUT2D eigenvalue weighted by Crippen LogP contribution is -2.37. The summed E-state index contributed by atoms with van der Waals surface area (Å²) >= 11 is 0. The zero-order valence-electron chi connectivity index (χ0n) is 18.9. The minimum Gasteiger partial charge on any atom is -0.478 e. The normalized spacial score (nSPS) is 12.0. The van der Waals surface area contributed by atoms with Crippen LogP contribution in [0, 0.1) is 0 Å². The van der Waals surface area contributed by atoms with Crippen LogP contribution in [0.25, 0.3) is 0 Å². The maximum Gasteiger partial charge on any atom is 0.337 e. The average molecular weight is 604 g/mol. The second kappa shape index (κ2) is 10.5. The predicted octanol–water partition coefficient (Wildman–Crippen LogP) is 1.68. The molecule has 3 aromatic rings. The van der Waals surface area contributed by atoms with E-state index in [9.17, 15) is 54.2 Å². The molecule has 7 N–H and O–H groups in total. The van der Waals surface area contributed by atoms with Crippen LogP contribution in [0.3, 0.4) is 0 Å². The first-order valence-electron chi connectivity index (χ1n) is 9.98. The van der Waals surface area contributed by atoms with Crippen molar-refractivity contribution in [3.63, 3.8) is 0 Å². The van der Waals surface area contributed by atoms with Gasteiger partial charge in [0.1, 0.15) is 4.90 Å². The molecule has 0 radical (unpaired) electrons. The molecule has 0 saturated carbocycles. The van der Waals surface area contributed by atoms with Crippen molar-refractivity contribution in [2.75, 3.05) is 16.0 Å². The fourth-order valence-electron chi connectivity index (χ4n) is 3.10. The fourth-order valence-corrected chi connectivity index (χ4v) is 4.83. The van der Waals surface area contributed by atoms with Crippen molar-refractivity contribution >= 4 is 59.4 Å². The number of carboxylic acid groups (broad SMARTS) is 2. The second-order valence-corrected chi connectivity index (χ2v) is 11.7. The Labute approximate surface area is 220 Å². The smallest absolute Gasteiger partial charge is 0.337 e. The molecule has 0 aliphatic carbocycles. The molecule has 0 fully saturated rings. The summed E-state index contributed by atoms with van der Waals surface area (Å²) in [6.45, 7) is 0. The Bertz CT molecular complexity index is 1790. The number of aromatic carboxylic acids is 2. The standard InChI is InChI=1S/C20H17N3O13S3/c24-19(25)11-1-7-15(20(26)27)17(9-11)23(21-12-2-4-13(5-3-12)37(28,29)30)22-16-8-6-14(38(31,32)33)10-18(16)39(34,35)36/h1-10,21-22H,(H,24,25)(H,26,27)(H,28,29,30)(H,31,32,33)(H,34,35,36). The van der Waals surface area contributed by atoms with Gasteiger partial charge in [0, 0.05) is 0 Å². The molecule has 0 atom stereocenters. The van der Waals surface area contributed by atoms with Crippen LogP contribution in [0.4, 0.5) is 17.1 Å². The third-order valence-corrected chi connectivity index (χ3v) is 7.48. The van der Waals surface area contributed by atoms with Crippen molar-refractivity contribution < 1.29 is 58.7 Å². The molecule has 0 amide bonds. The first-order chi connectivity index (χ1) is 17.9. The van der Waals surface area contributed by atoms with E-state index in [0.29, 0.717) is 11.2 Å². The number of nitrogens with zero attached hydrogens (tertiary/aromatic N) is 1.